The molecule has 1 aliphatic carbocycles. The van der Waals surface area contributed by atoms with Crippen LogP contribution in [0.1, 0.15) is 37.2 Å². The van der Waals surface area contributed by atoms with E-state index in [0.29, 0.717) is 11.5 Å². The summed E-state index contributed by atoms with van der Waals surface area (Å²) >= 11 is 0. The van der Waals surface area contributed by atoms with E-state index in [1.54, 1.807) is 24.3 Å². The lowest BCUT2D eigenvalue weighted by molar-refractivity contribution is -0.515. The maximum Gasteiger partial charge on any atom is 0.324 e. The second-order valence-electron chi connectivity index (χ2n) is 5.72. The van der Waals surface area contributed by atoms with Crippen LogP contribution < -0.4 is 0 Å². The summed E-state index contributed by atoms with van der Waals surface area (Å²) in [6.45, 7) is 0. The molecule has 1 saturated carbocycles. The number of nitrogens with zero attached hydrogens (tertiary/aromatic N) is 2. The highest BCUT2D eigenvalue weighted by atomic mass is 16.5. The number of nitroso groups, excluding NO2 is 1. The zero-order valence-corrected chi connectivity index (χ0v) is 12.0. The number of fused-ring (bicyclic) bond motifs is 1. The Labute approximate surface area is 127 Å². The van der Waals surface area contributed by atoms with Crippen molar-refractivity contribution in [3.8, 4) is 0 Å². The summed E-state index contributed by atoms with van der Waals surface area (Å²) in [7, 11) is 0. The van der Waals surface area contributed by atoms with Crippen molar-refractivity contribution < 1.29 is 13.6 Å². The van der Waals surface area contributed by atoms with Gasteiger partial charge in [-0.2, -0.15) is 0 Å². The molecule has 0 spiro atoms. The van der Waals surface area contributed by atoms with Crippen molar-refractivity contribution in [1.82, 2.24) is 5.06 Å². The summed E-state index contributed by atoms with van der Waals surface area (Å²) in [5, 5.41) is 13.9. The van der Waals surface area contributed by atoms with Crippen molar-refractivity contribution in [2.24, 2.45) is 0 Å². The van der Waals surface area contributed by atoms with E-state index in [9.17, 15) is 10.1 Å². The Morgan fingerprint density at radius 1 is 1.09 bits per heavy atom. The van der Waals surface area contributed by atoms with Crippen LogP contribution in [0.3, 0.4) is 0 Å². The normalized spacial score (nSPS) is 25.5. The molecule has 2 aromatic rings. The van der Waals surface area contributed by atoms with E-state index in [1.807, 2.05) is 0 Å². The Morgan fingerprint density at radius 3 is 2.45 bits per heavy atom. The van der Waals surface area contributed by atoms with Gasteiger partial charge in [0.1, 0.15) is 0 Å². The van der Waals surface area contributed by atoms with E-state index in [2.05, 4.69) is 0 Å². The highest BCUT2D eigenvalue weighted by Gasteiger charge is 2.49. The van der Waals surface area contributed by atoms with Gasteiger partial charge in [0.15, 0.2) is 11.5 Å². The molecule has 22 heavy (non-hydrogen) atoms. The average molecular weight is 300 g/mol. The minimum atomic E-state index is -0.329. The van der Waals surface area contributed by atoms with Gasteiger partial charge in [-0.25, -0.2) is 0 Å². The third-order valence-corrected chi connectivity index (χ3v) is 4.47. The van der Waals surface area contributed by atoms with Crippen LogP contribution in [0.4, 0.5) is 0 Å². The number of rotatable bonds is 2. The van der Waals surface area contributed by atoms with Gasteiger partial charge in [0, 0.05) is 16.1 Å². The first-order valence-electron chi connectivity index (χ1n) is 7.52. The van der Waals surface area contributed by atoms with Crippen molar-refractivity contribution in [2.75, 3.05) is 0 Å². The van der Waals surface area contributed by atoms with Crippen molar-refractivity contribution in [3.05, 3.63) is 58.4 Å². The molecule has 0 radical (unpaired) electrons. The molecule has 4 rings (SSSR count). The van der Waals surface area contributed by atoms with E-state index < -0.39 is 0 Å². The Bertz CT molecular complexity index is 703. The molecule has 1 fully saturated rings. The molecule has 2 unspecified atom stereocenters. The van der Waals surface area contributed by atoms with Gasteiger partial charge < -0.3 is 19.1 Å². The number of hydrogen-bond donors (Lipinski definition) is 0. The van der Waals surface area contributed by atoms with Gasteiger partial charge in [-0.05, 0) is 37.1 Å². The van der Waals surface area contributed by atoms with Crippen LogP contribution in [0.2, 0.25) is 0 Å². The van der Waals surface area contributed by atoms with Crippen LogP contribution in [-0.4, -0.2) is 21.9 Å². The molecule has 0 saturated heterocycles. The minimum Gasteiger partial charge on any atom is -0.758 e. The largest absolute Gasteiger partial charge is 0.758 e. The summed E-state index contributed by atoms with van der Waals surface area (Å²) in [4.78, 5) is 12.9. The Hall–Kier alpha value is -2.34. The smallest absolute Gasteiger partial charge is 0.324 e. The lowest BCUT2D eigenvalue weighted by Crippen LogP contribution is -2.50. The molecule has 6 nitrogen and oxygen atoms in total. The highest BCUT2D eigenvalue weighted by molar-refractivity contribution is 5.83. The lowest BCUT2D eigenvalue weighted by atomic mass is 9.87. The summed E-state index contributed by atoms with van der Waals surface area (Å²) in [5.74, 6) is 0.789. The molecule has 114 valence electrons. The molecule has 0 amide bonds. The molecule has 2 aliphatic rings. The third-order valence-electron chi connectivity index (χ3n) is 4.47. The SMILES string of the molecule is O=[N+]1C(c2ccco2)=C(c2ccco2)N([O-])C2CCCCC21. The Balaban J connectivity index is 1.92. The van der Waals surface area contributed by atoms with Gasteiger partial charge in [-0.3, -0.25) is 0 Å². The van der Waals surface area contributed by atoms with E-state index in [0.717, 1.165) is 35.5 Å². The fraction of sp³-hybridized carbons (Fsp3) is 0.375. The monoisotopic (exact) mass is 300 g/mol. The van der Waals surface area contributed by atoms with Crippen LogP contribution in [-0.2, 0) is 0 Å². The van der Waals surface area contributed by atoms with Crippen LogP contribution in [0.25, 0.3) is 11.4 Å². The molecule has 6 heteroatoms. The molecule has 0 bridgehead atoms. The molecule has 0 N–H and O–H groups in total. The van der Waals surface area contributed by atoms with Crippen molar-refractivity contribution >= 4 is 11.4 Å². The van der Waals surface area contributed by atoms with Crippen LogP contribution in [0.5, 0.6) is 0 Å². The molecule has 0 aromatic carbocycles. The molecular weight excluding hydrogens is 284 g/mol. The number of furan rings is 2. The van der Waals surface area contributed by atoms with Gasteiger partial charge in [-0.15, -0.1) is 0 Å². The topological polar surface area (TPSA) is 72.7 Å². The fourth-order valence-electron chi connectivity index (χ4n) is 3.46. The van der Waals surface area contributed by atoms with Gasteiger partial charge in [0.05, 0.1) is 18.6 Å². The zero-order valence-electron chi connectivity index (χ0n) is 12.0. The average Bonchev–Trinajstić information content (AvgIpc) is 3.23. The second-order valence-corrected chi connectivity index (χ2v) is 5.72. The summed E-state index contributed by atoms with van der Waals surface area (Å²) < 4.78 is 11.7. The first kappa shape index (κ1) is 13.3. The fourth-order valence-corrected chi connectivity index (χ4v) is 3.46. The lowest BCUT2D eigenvalue weighted by Gasteiger charge is -2.44. The van der Waals surface area contributed by atoms with Gasteiger partial charge >= 0.3 is 5.70 Å². The van der Waals surface area contributed by atoms with Gasteiger partial charge in [-0.1, -0.05) is 6.42 Å². The van der Waals surface area contributed by atoms with Crippen LogP contribution in [0.15, 0.2) is 45.6 Å². The van der Waals surface area contributed by atoms with Crippen LogP contribution in [0, 0.1) is 10.1 Å². The maximum absolute atomic E-state index is 12.9. The van der Waals surface area contributed by atoms with E-state index in [1.165, 1.54) is 12.5 Å². The second kappa shape index (κ2) is 5.14. The first-order valence-corrected chi connectivity index (χ1v) is 7.52. The quantitative estimate of drug-likeness (QED) is 0.792. The minimum absolute atomic E-state index is 0.262. The predicted octanol–water partition coefficient (Wildman–Crippen LogP) is 3.60. The first-order chi connectivity index (χ1) is 10.8. The van der Waals surface area contributed by atoms with Gasteiger partial charge in [0.2, 0.25) is 11.8 Å². The number of hydroxylamine groups is 2. The standard InChI is InChI=1S/C16H16N2O4/c19-17-11-5-1-2-6-12(11)18(20)16(14-8-4-10-22-14)15(17)13-7-3-9-21-13/h3-4,7-12H,1-2,5-6H2. The highest BCUT2D eigenvalue weighted by Crippen LogP contribution is 2.41. The maximum atomic E-state index is 12.9. The van der Waals surface area contributed by atoms with E-state index >= 15 is 0 Å². The van der Waals surface area contributed by atoms with E-state index in [4.69, 9.17) is 8.83 Å². The van der Waals surface area contributed by atoms with Crippen molar-refractivity contribution in [2.45, 2.75) is 37.8 Å². The third kappa shape index (κ3) is 1.91. The Morgan fingerprint density at radius 2 is 1.77 bits per heavy atom. The predicted molar refractivity (Wildman–Crippen MR) is 79.1 cm³/mol. The molecule has 2 aromatic heterocycles. The molecule has 3 heterocycles. The van der Waals surface area contributed by atoms with Gasteiger partial charge in [0.25, 0.3) is 0 Å². The zero-order chi connectivity index (χ0) is 15.1. The summed E-state index contributed by atoms with van der Waals surface area (Å²) in [6, 6.07) is 6.14. The van der Waals surface area contributed by atoms with Crippen molar-refractivity contribution in [1.29, 1.82) is 0 Å². The number of hydrogen-bond acceptors (Lipinski definition) is 5. The van der Waals surface area contributed by atoms with E-state index in [-0.39, 0.29) is 23.5 Å². The van der Waals surface area contributed by atoms with Crippen molar-refractivity contribution in [3.63, 3.8) is 0 Å². The Kier molecular flexibility index (Phi) is 3.11. The molecule has 2 atom stereocenters. The summed E-state index contributed by atoms with van der Waals surface area (Å²) in [6.07, 6.45) is 6.38. The molecular formula is C16H16N2O4. The van der Waals surface area contributed by atoms with Crippen LogP contribution >= 0.6 is 0 Å². The molecule has 1 aliphatic heterocycles. The summed E-state index contributed by atoms with van der Waals surface area (Å²) in [5.41, 5.74) is 0.524.